The molecule has 1 aromatic heterocycles. The predicted octanol–water partition coefficient (Wildman–Crippen LogP) is 5.22. The molecule has 0 bridgehead atoms. The van der Waals surface area contributed by atoms with Crippen LogP contribution in [0.15, 0.2) is 107 Å². The number of nitrogens with one attached hydrogen (secondary N) is 3. The molecule has 0 saturated heterocycles. The van der Waals surface area contributed by atoms with E-state index in [0.29, 0.717) is 23.5 Å². The van der Waals surface area contributed by atoms with Crippen LogP contribution in [0.1, 0.15) is 36.4 Å². The van der Waals surface area contributed by atoms with Gasteiger partial charge in [0, 0.05) is 28.2 Å². The van der Waals surface area contributed by atoms with E-state index in [4.69, 9.17) is 4.42 Å². The molecular formula is C33H34N4O4S. The predicted molar refractivity (Wildman–Crippen MR) is 165 cm³/mol. The first-order valence-electron chi connectivity index (χ1n) is 13.8. The summed E-state index contributed by atoms with van der Waals surface area (Å²) in [5.41, 5.74) is 2.42. The number of anilines is 1. The van der Waals surface area contributed by atoms with Gasteiger partial charge in [-0.1, -0.05) is 60.7 Å². The van der Waals surface area contributed by atoms with Crippen LogP contribution in [0.4, 0.5) is 5.69 Å². The highest BCUT2D eigenvalue weighted by Gasteiger charge is 2.33. The lowest BCUT2D eigenvalue weighted by molar-refractivity contribution is -0.127. The second-order valence-corrected chi connectivity index (χ2v) is 11.8. The van der Waals surface area contributed by atoms with Crippen LogP contribution in [0.2, 0.25) is 0 Å². The van der Waals surface area contributed by atoms with E-state index in [-0.39, 0.29) is 30.8 Å². The van der Waals surface area contributed by atoms with Gasteiger partial charge >= 0.3 is 0 Å². The smallest absolute Gasteiger partial charge is 0.253 e. The Morgan fingerprint density at radius 1 is 0.952 bits per heavy atom. The van der Waals surface area contributed by atoms with E-state index in [9.17, 15) is 14.4 Å². The Bertz CT molecular complexity index is 1540. The van der Waals surface area contributed by atoms with Gasteiger partial charge in [0.25, 0.3) is 11.8 Å². The molecule has 0 radical (unpaired) electrons. The number of thioether (sulfide) groups is 1. The molecule has 3 amide bonds. The zero-order chi connectivity index (χ0) is 29.5. The van der Waals surface area contributed by atoms with E-state index in [1.165, 1.54) is 11.8 Å². The van der Waals surface area contributed by atoms with Gasteiger partial charge in [0.1, 0.15) is 11.8 Å². The molecule has 42 heavy (non-hydrogen) atoms. The maximum Gasteiger partial charge on any atom is 0.253 e. The Morgan fingerprint density at radius 2 is 1.69 bits per heavy atom. The second kappa shape index (κ2) is 13.1. The summed E-state index contributed by atoms with van der Waals surface area (Å²) in [6.45, 7) is 4.32. The van der Waals surface area contributed by atoms with Crippen LogP contribution in [-0.2, 0) is 16.1 Å². The minimum atomic E-state index is -0.760. The first-order valence-corrected chi connectivity index (χ1v) is 14.8. The molecular weight excluding hydrogens is 548 g/mol. The Labute approximate surface area is 249 Å². The number of fused-ring (bicyclic) bond motifs is 1. The fourth-order valence-electron chi connectivity index (χ4n) is 4.87. The second-order valence-electron chi connectivity index (χ2n) is 10.7. The molecule has 216 valence electrons. The quantitative estimate of drug-likeness (QED) is 0.237. The number of carbonyl (C=O) groups is 3. The molecule has 0 unspecified atom stereocenters. The first kappa shape index (κ1) is 29.2. The van der Waals surface area contributed by atoms with E-state index < -0.39 is 11.6 Å². The van der Waals surface area contributed by atoms with Crippen LogP contribution >= 0.6 is 11.8 Å². The maximum absolute atomic E-state index is 13.8. The summed E-state index contributed by atoms with van der Waals surface area (Å²) < 4.78 is 5.38. The highest BCUT2D eigenvalue weighted by Crippen LogP contribution is 2.34. The highest BCUT2D eigenvalue weighted by atomic mass is 32.2. The van der Waals surface area contributed by atoms with Gasteiger partial charge in [0.15, 0.2) is 0 Å². The number of benzene rings is 3. The SMILES string of the molecule is CC(C)(CC(=O)N[C@@H]1CSc2ccccc2N(CNC(=O)c2ccccc2-c2ccccc2)C1=O)NCc1ccco1. The fourth-order valence-corrected chi connectivity index (χ4v) is 5.94. The van der Waals surface area contributed by atoms with E-state index in [1.54, 1.807) is 17.2 Å². The van der Waals surface area contributed by atoms with Crippen molar-refractivity contribution in [2.75, 3.05) is 17.3 Å². The van der Waals surface area contributed by atoms with Crippen molar-refractivity contribution in [1.29, 1.82) is 0 Å². The summed E-state index contributed by atoms with van der Waals surface area (Å²) in [7, 11) is 0. The summed E-state index contributed by atoms with van der Waals surface area (Å²) in [5.74, 6) is 0.349. The van der Waals surface area contributed by atoms with Gasteiger partial charge in [0.2, 0.25) is 5.91 Å². The van der Waals surface area contributed by atoms with Gasteiger partial charge in [-0.05, 0) is 55.3 Å². The van der Waals surface area contributed by atoms with Crippen LogP contribution < -0.4 is 20.9 Å². The van der Waals surface area contributed by atoms with Crippen LogP contribution in [0, 0.1) is 0 Å². The number of para-hydroxylation sites is 1. The number of amides is 3. The molecule has 0 saturated carbocycles. The number of nitrogens with zero attached hydrogens (tertiary/aromatic N) is 1. The standard InChI is InChI=1S/C33H34N4O4S/c1-33(2,35-20-24-13-10-18-41-24)19-30(38)36-27-21-42-29-17-9-8-16-28(29)37(32(27)40)22-34-31(39)26-15-7-6-14-25(26)23-11-4-3-5-12-23/h3-18,27,35H,19-22H2,1-2H3,(H,34,39)(H,36,38)/t27-/m1/s1. The molecule has 0 aliphatic carbocycles. The van der Waals surface area contributed by atoms with Crippen molar-refractivity contribution in [2.45, 2.75) is 43.3 Å². The van der Waals surface area contributed by atoms with Crippen LogP contribution in [0.25, 0.3) is 11.1 Å². The highest BCUT2D eigenvalue weighted by molar-refractivity contribution is 7.99. The average Bonchev–Trinajstić information content (AvgIpc) is 3.49. The largest absolute Gasteiger partial charge is 0.468 e. The minimum absolute atomic E-state index is 0.0407. The molecule has 3 aromatic carbocycles. The Kier molecular flexibility index (Phi) is 9.09. The average molecular weight is 583 g/mol. The molecule has 4 aromatic rings. The van der Waals surface area contributed by atoms with Crippen molar-refractivity contribution in [3.63, 3.8) is 0 Å². The fraction of sp³-hybridized carbons (Fsp3) is 0.242. The van der Waals surface area contributed by atoms with Gasteiger partial charge < -0.3 is 20.4 Å². The summed E-state index contributed by atoms with van der Waals surface area (Å²) in [4.78, 5) is 42.8. The number of hydrogen-bond acceptors (Lipinski definition) is 6. The zero-order valence-electron chi connectivity index (χ0n) is 23.6. The molecule has 2 heterocycles. The third kappa shape index (κ3) is 7.10. The lowest BCUT2D eigenvalue weighted by Gasteiger charge is -2.28. The van der Waals surface area contributed by atoms with Gasteiger partial charge in [-0.2, -0.15) is 0 Å². The van der Waals surface area contributed by atoms with Gasteiger partial charge in [-0.3, -0.25) is 19.3 Å². The number of hydrogen-bond donors (Lipinski definition) is 3. The van der Waals surface area contributed by atoms with E-state index in [1.807, 2.05) is 98.8 Å². The monoisotopic (exact) mass is 582 g/mol. The van der Waals surface area contributed by atoms with Crippen molar-refractivity contribution in [3.05, 3.63) is 109 Å². The van der Waals surface area contributed by atoms with Crippen molar-refractivity contribution in [2.24, 2.45) is 0 Å². The molecule has 1 atom stereocenters. The van der Waals surface area contributed by atoms with Crippen molar-refractivity contribution in [1.82, 2.24) is 16.0 Å². The van der Waals surface area contributed by atoms with E-state index in [0.717, 1.165) is 21.8 Å². The lowest BCUT2D eigenvalue weighted by Crippen LogP contribution is -2.53. The van der Waals surface area contributed by atoms with E-state index in [2.05, 4.69) is 16.0 Å². The molecule has 3 N–H and O–H groups in total. The molecule has 0 spiro atoms. The van der Waals surface area contributed by atoms with Gasteiger partial charge in [-0.15, -0.1) is 11.8 Å². The molecule has 5 rings (SSSR count). The van der Waals surface area contributed by atoms with Crippen molar-refractivity contribution < 1.29 is 18.8 Å². The third-order valence-electron chi connectivity index (χ3n) is 7.04. The molecule has 9 heteroatoms. The Morgan fingerprint density at radius 3 is 2.48 bits per heavy atom. The minimum Gasteiger partial charge on any atom is -0.468 e. The molecule has 1 aliphatic heterocycles. The summed E-state index contributed by atoms with van der Waals surface area (Å²) in [6.07, 6.45) is 1.78. The lowest BCUT2D eigenvalue weighted by atomic mass is 9.99. The van der Waals surface area contributed by atoms with Crippen LogP contribution in [0.5, 0.6) is 0 Å². The number of furan rings is 1. The summed E-state index contributed by atoms with van der Waals surface area (Å²) in [6, 6.07) is 27.6. The van der Waals surface area contributed by atoms with Crippen molar-refractivity contribution >= 4 is 35.2 Å². The zero-order valence-corrected chi connectivity index (χ0v) is 24.4. The Hall–Kier alpha value is -4.34. The van der Waals surface area contributed by atoms with Crippen LogP contribution in [-0.4, -0.2) is 41.7 Å². The third-order valence-corrected chi connectivity index (χ3v) is 8.20. The van der Waals surface area contributed by atoms with E-state index >= 15 is 0 Å². The van der Waals surface area contributed by atoms with Crippen LogP contribution in [0.3, 0.4) is 0 Å². The van der Waals surface area contributed by atoms with Gasteiger partial charge in [0.05, 0.1) is 25.2 Å². The summed E-state index contributed by atoms with van der Waals surface area (Å²) >= 11 is 1.51. The maximum atomic E-state index is 13.8. The Balaban J connectivity index is 1.28. The topological polar surface area (TPSA) is 104 Å². The van der Waals surface area contributed by atoms with Crippen molar-refractivity contribution in [3.8, 4) is 11.1 Å². The molecule has 8 nitrogen and oxygen atoms in total. The summed E-state index contributed by atoms with van der Waals surface area (Å²) in [5, 5.41) is 9.23. The first-order chi connectivity index (χ1) is 20.3. The number of carbonyl (C=O) groups excluding carboxylic acids is 3. The van der Waals surface area contributed by atoms with Gasteiger partial charge in [-0.25, -0.2) is 0 Å². The number of rotatable bonds is 10. The molecule has 0 fully saturated rings. The normalized spacial score (nSPS) is 15.0. The molecule has 1 aliphatic rings.